The predicted octanol–water partition coefficient (Wildman–Crippen LogP) is 3.45. The van der Waals surface area contributed by atoms with Crippen LogP contribution in [0.25, 0.3) is 0 Å². The number of hydrogen-bond donors (Lipinski definition) is 1. The van der Waals surface area contributed by atoms with Gasteiger partial charge in [0, 0.05) is 13.1 Å². The standard InChI is InChI=1S/C15H24N2/c1-11-5-6-14(13(16)9-11)17-8-7-12(10-17)15(2,3)4/h5-6,9,12H,7-8,10,16H2,1-4H3. The van der Waals surface area contributed by atoms with Crippen LogP contribution in [0.3, 0.4) is 0 Å². The number of nitrogen functional groups attached to an aromatic ring is 1. The Kier molecular flexibility index (Phi) is 3.07. The topological polar surface area (TPSA) is 29.3 Å². The molecule has 2 N–H and O–H groups in total. The molecule has 17 heavy (non-hydrogen) atoms. The summed E-state index contributed by atoms with van der Waals surface area (Å²) in [6.45, 7) is 11.4. The third-order valence-electron chi connectivity index (χ3n) is 3.94. The molecule has 1 heterocycles. The molecule has 1 aliphatic rings. The van der Waals surface area contributed by atoms with E-state index in [0.29, 0.717) is 5.41 Å². The highest BCUT2D eigenvalue weighted by molar-refractivity contribution is 5.68. The minimum absolute atomic E-state index is 0.397. The molecule has 1 aromatic carbocycles. The van der Waals surface area contributed by atoms with Gasteiger partial charge in [0.15, 0.2) is 0 Å². The lowest BCUT2D eigenvalue weighted by atomic mass is 9.80. The van der Waals surface area contributed by atoms with Gasteiger partial charge in [-0.05, 0) is 42.4 Å². The van der Waals surface area contributed by atoms with E-state index >= 15 is 0 Å². The van der Waals surface area contributed by atoms with Gasteiger partial charge in [-0.15, -0.1) is 0 Å². The molecule has 1 fully saturated rings. The van der Waals surface area contributed by atoms with Crippen molar-refractivity contribution in [2.75, 3.05) is 23.7 Å². The number of aryl methyl sites for hydroxylation is 1. The van der Waals surface area contributed by atoms with Crippen molar-refractivity contribution in [2.45, 2.75) is 34.1 Å². The fourth-order valence-electron chi connectivity index (χ4n) is 2.65. The average molecular weight is 232 g/mol. The smallest absolute Gasteiger partial charge is 0.0600 e. The van der Waals surface area contributed by atoms with E-state index in [1.807, 2.05) is 0 Å². The minimum Gasteiger partial charge on any atom is -0.397 e. The maximum atomic E-state index is 6.11. The molecule has 1 aromatic rings. The fraction of sp³-hybridized carbons (Fsp3) is 0.600. The van der Waals surface area contributed by atoms with Crippen LogP contribution in [0.4, 0.5) is 11.4 Å². The summed E-state index contributed by atoms with van der Waals surface area (Å²) in [5.74, 6) is 0.767. The Balaban J connectivity index is 2.15. The summed E-state index contributed by atoms with van der Waals surface area (Å²) in [6.07, 6.45) is 1.27. The van der Waals surface area contributed by atoms with Gasteiger partial charge < -0.3 is 10.6 Å². The van der Waals surface area contributed by atoms with Crippen molar-refractivity contribution < 1.29 is 0 Å². The number of benzene rings is 1. The molecule has 0 aromatic heterocycles. The number of anilines is 2. The first-order valence-electron chi connectivity index (χ1n) is 6.49. The van der Waals surface area contributed by atoms with Gasteiger partial charge in [0.1, 0.15) is 0 Å². The van der Waals surface area contributed by atoms with E-state index in [1.165, 1.54) is 17.7 Å². The van der Waals surface area contributed by atoms with E-state index in [1.54, 1.807) is 0 Å². The fourth-order valence-corrected chi connectivity index (χ4v) is 2.65. The van der Waals surface area contributed by atoms with Crippen LogP contribution in [0, 0.1) is 18.3 Å². The molecule has 1 unspecified atom stereocenters. The molecular formula is C15H24N2. The summed E-state index contributed by atoms with van der Waals surface area (Å²) in [7, 11) is 0. The van der Waals surface area contributed by atoms with Crippen LogP contribution in [0.1, 0.15) is 32.8 Å². The molecule has 0 radical (unpaired) electrons. The Morgan fingerprint density at radius 3 is 2.53 bits per heavy atom. The lowest BCUT2D eigenvalue weighted by molar-refractivity contribution is 0.263. The third-order valence-corrected chi connectivity index (χ3v) is 3.94. The normalized spacial score (nSPS) is 20.9. The van der Waals surface area contributed by atoms with Gasteiger partial charge in [0.2, 0.25) is 0 Å². The number of nitrogens with two attached hydrogens (primary N) is 1. The molecular weight excluding hydrogens is 208 g/mol. The zero-order valence-electron chi connectivity index (χ0n) is 11.5. The van der Waals surface area contributed by atoms with Gasteiger partial charge in [-0.1, -0.05) is 26.8 Å². The highest BCUT2D eigenvalue weighted by Crippen LogP contribution is 2.37. The summed E-state index contributed by atoms with van der Waals surface area (Å²) in [4.78, 5) is 2.44. The predicted molar refractivity (Wildman–Crippen MR) is 75.4 cm³/mol. The average Bonchev–Trinajstić information content (AvgIpc) is 2.65. The lowest BCUT2D eigenvalue weighted by Gasteiger charge is -2.28. The molecule has 1 atom stereocenters. The number of rotatable bonds is 1. The van der Waals surface area contributed by atoms with Gasteiger partial charge in [0.05, 0.1) is 11.4 Å². The van der Waals surface area contributed by atoms with Crippen LogP contribution in [-0.2, 0) is 0 Å². The minimum atomic E-state index is 0.397. The summed E-state index contributed by atoms with van der Waals surface area (Å²) < 4.78 is 0. The van der Waals surface area contributed by atoms with Crippen molar-refractivity contribution in [1.29, 1.82) is 0 Å². The summed E-state index contributed by atoms with van der Waals surface area (Å²) in [5.41, 5.74) is 9.87. The largest absolute Gasteiger partial charge is 0.397 e. The van der Waals surface area contributed by atoms with Crippen molar-refractivity contribution in [3.05, 3.63) is 23.8 Å². The zero-order valence-corrected chi connectivity index (χ0v) is 11.5. The molecule has 2 rings (SSSR count). The maximum Gasteiger partial charge on any atom is 0.0600 e. The van der Waals surface area contributed by atoms with Crippen molar-refractivity contribution in [2.24, 2.45) is 11.3 Å². The first kappa shape index (κ1) is 12.3. The first-order valence-corrected chi connectivity index (χ1v) is 6.49. The second-order valence-electron chi connectivity index (χ2n) is 6.36. The highest BCUT2D eigenvalue weighted by atomic mass is 15.2. The third kappa shape index (κ3) is 2.56. The molecule has 2 heteroatoms. The molecule has 2 nitrogen and oxygen atoms in total. The van der Waals surface area contributed by atoms with Gasteiger partial charge in [-0.25, -0.2) is 0 Å². The second kappa shape index (κ2) is 4.25. The molecule has 1 aliphatic heterocycles. The van der Waals surface area contributed by atoms with Gasteiger partial charge in [0.25, 0.3) is 0 Å². The summed E-state index contributed by atoms with van der Waals surface area (Å²) in [6, 6.07) is 6.38. The Labute approximate surface area is 105 Å². The van der Waals surface area contributed by atoms with Gasteiger partial charge >= 0.3 is 0 Å². The molecule has 0 spiro atoms. The molecule has 0 aliphatic carbocycles. The molecule has 0 saturated carbocycles. The molecule has 1 saturated heterocycles. The summed E-state index contributed by atoms with van der Waals surface area (Å²) >= 11 is 0. The quantitative estimate of drug-likeness (QED) is 0.751. The number of hydrogen-bond acceptors (Lipinski definition) is 2. The Morgan fingerprint density at radius 2 is 2.00 bits per heavy atom. The van der Waals surface area contributed by atoms with Crippen LogP contribution in [0.15, 0.2) is 18.2 Å². The van der Waals surface area contributed by atoms with Gasteiger partial charge in [-0.2, -0.15) is 0 Å². The molecule has 0 bridgehead atoms. The van der Waals surface area contributed by atoms with E-state index in [0.717, 1.165) is 24.7 Å². The van der Waals surface area contributed by atoms with Crippen LogP contribution in [0.5, 0.6) is 0 Å². The lowest BCUT2D eigenvalue weighted by Crippen LogP contribution is -2.26. The summed E-state index contributed by atoms with van der Waals surface area (Å²) in [5, 5.41) is 0. The number of nitrogens with zero attached hydrogens (tertiary/aromatic N) is 1. The second-order valence-corrected chi connectivity index (χ2v) is 6.36. The Morgan fingerprint density at radius 1 is 1.29 bits per heavy atom. The van der Waals surface area contributed by atoms with Crippen LogP contribution < -0.4 is 10.6 Å². The van der Waals surface area contributed by atoms with E-state index in [4.69, 9.17) is 5.73 Å². The first-order chi connectivity index (χ1) is 7.88. The van der Waals surface area contributed by atoms with Gasteiger partial charge in [-0.3, -0.25) is 0 Å². The van der Waals surface area contributed by atoms with Crippen molar-refractivity contribution in [3.8, 4) is 0 Å². The van der Waals surface area contributed by atoms with Crippen molar-refractivity contribution >= 4 is 11.4 Å². The van der Waals surface area contributed by atoms with E-state index in [2.05, 4.69) is 50.8 Å². The van der Waals surface area contributed by atoms with Crippen molar-refractivity contribution in [1.82, 2.24) is 0 Å². The molecule has 94 valence electrons. The zero-order chi connectivity index (χ0) is 12.6. The highest BCUT2D eigenvalue weighted by Gasteiger charge is 2.32. The van der Waals surface area contributed by atoms with Crippen LogP contribution in [-0.4, -0.2) is 13.1 Å². The monoisotopic (exact) mass is 232 g/mol. The van der Waals surface area contributed by atoms with E-state index in [9.17, 15) is 0 Å². The molecule has 0 amide bonds. The van der Waals surface area contributed by atoms with E-state index < -0.39 is 0 Å². The van der Waals surface area contributed by atoms with Crippen LogP contribution >= 0.6 is 0 Å². The van der Waals surface area contributed by atoms with Crippen molar-refractivity contribution in [3.63, 3.8) is 0 Å². The van der Waals surface area contributed by atoms with Crippen LogP contribution in [0.2, 0.25) is 0 Å². The van der Waals surface area contributed by atoms with E-state index in [-0.39, 0.29) is 0 Å². The Bertz CT molecular complexity index is 404. The SMILES string of the molecule is Cc1ccc(N2CCC(C(C)(C)C)C2)c(N)c1. The Hall–Kier alpha value is -1.18. The maximum absolute atomic E-state index is 6.11.